The molecule has 3 nitrogen and oxygen atoms in total. The van der Waals surface area contributed by atoms with Gasteiger partial charge in [-0.3, -0.25) is 0 Å². The third-order valence-electron chi connectivity index (χ3n) is 5.56. The Balaban J connectivity index is 1.58. The van der Waals surface area contributed by atoms with Crippen molar-refractivity contribution < 1.29 is 9.47 Å². The van der Waals surface area contributed by atoms with Gasteiger partial charge in [0.25, 0.3) is 0 Å². The first-order valence-electron chi connectivity index (χ1n) is 10.1. The second kappa shape index (κ2) is 9.50. The molecular formula is C24H33NO2. The van der Waals surface area contributed by atoms with Gasteiger partial charge in [-0.2, -0.15) is 0 Å². The second-order valence-electron chi connectivity index (χ2n) is 8.17. The Morgan fingerprint density at radius 1 is 0.889 bits per heavy atom. The van der Waals surface area contributed by atoms with Gasteiger partial charge < -0.3 is 14.8 Å². The standard InChI is InChI=1S/C24H33NO2/c1-24(2,26-3)18-27-22-16-14-21(15-17-22)25-23(19-10-6-4-7-11-19)20-12-8-5-9-13-20/h4-13,21-23,25H,14-18H2,1-3H3. The van der Waals surface area contributed by atoms with Crippen molar-refractivity contribution in [3.8, 4) is 0 Å². The zero-order valence-corrected chi connectivity index (χ0v) is 16.9. The van der Waals surface area contributed by atoms with Crippen LogP contribution in [0.15, 0.2) is 60.7 Å². The molecule has 0 saturated heterocycles. The van der Waals surface area contributed by atoms with Crippen LogP contribution in [-0.4, -0.2) is 31.5 Å². The molecule has 3 rings (SSSR count). The summed E-state index contributed by atoms with van der Waals surface area (Å²) in [5.41, 5.74) is 2.44. The van der Waals surface area contributed by atoms with E-state index in [1.807, 2.05) is 0 Å². The zero-order valence-electron chi connectivity index (χ0n) is 16.9. The van der Waals surface area contributed by atoms with Crippen LogP contribution in [0.3, 0.4) is 0 Å². The number of benzene rings is 2. The summed E-state index contributed by atoms with van der Waals surface area (Å²) >= 11 is 0. The van der Waals surface area contributed by atoms with Crippen molar-refractivity contribution in [2.45, 2.75) is 63.3 Å². The lowest BCUT2D eigenvalue weighted by Gasteiger charge is -2.34. The minimum Gasteiger partial charge on any atom is -0.376 e. The molecule has 0 bridgehead atoms. The molecule has 2 aromatic rings. The van der Waals surface area contributed by atoms with Gasteiger partial charge in [0, 0.05) is 13.2 Å². The third-order valence-corrected chi connectivity index (χ3v) is 5.56. The average Bonchev–Trinajstić information content (AvgIpc) is 2.73. The van der Waals surface area contributed by atoms with E-state index in [4.69, 9.17) is 9.47 Å². The summed E-state index contributed by atoms with van der Waals surface area (Å²) in [7, 11) is 1.75. The molecule has 3 heteroatoms. The minimum absolute atomic E-state index is 0.208. The van der Waals surface area contributed by atoms with Crippen LogP contribution in [0, 0.1) is 0 Å². The molecule has 27 heavy (non-hydrogen) atoms. The fourth-order valence-electron chi connectivity index (χ4n) is 3.69. The molecule has 1 aliphatic carbocycles. The number of hydrogen-bond acceptors (Lipinski definition) is 3. The molecule has 0 unspecified atom stereocenters. The monoisotopic (exact) mass is 367 g/mol. The van der Waals surface area contributed by atoms with Crippen LogP contribution in [0.2, 0.25) is 0 Å². The van der Waals surface area contributed by atoms with Crippen LogP contribution in [0.25, 0.3) is 0 Å². The highest BCUT2D eigenvalue weighted by Gasteiger charge is 2.26. The largest absolute Gasteiger partial charge is 0.376 e. The van der Waals surface area contributed by atoms with Gasteiger partial charge in [-0.05, 0) is 50.7 Å². The van der Waals surface area contributed by atoms with Crippen molar-refractivity contribution >= 4 is 0 Å². The van der Waals surface area contributed by atoms with Gasteiger partial charge in [0.15, 0.2) is 0 Å². The first-order valence-corrected chi connectivity index (χ1v) is 10.1. The van der Waals surface area contributed by atoms with Crippen molar-refractivity contribution in [2.24, 2.45) is 0 Å². The fraction of sp³-hybridized carbons (Fsp3) is 0.500. The summed E-state index contributed by atoms with van der Waals surface area (Å²) in [5, 5.41) is 3.91. The van der Waals surface area contributed by atoms with Crippen LogP contribution in [-0.2, 0) is 9.47 Å². The van der Waals surface area contributed by atoms with Crippen molar-refractivity contribution in [2.75, 3.05) is 13.7 Å². The first-order chi connectivity index (χ1) is 13.1. The highest BCUT2D eigenvalue weighted by molar-refractivity contribution is 5.31. The van der Waals surface area contributed by atoms with Crippen molar-refractivity contribution in [3.63, 3.8) is 0 Å². The van der Waals surface area contributed by atoms with Gasteiger partial charge in [0.2, 0.25) is 0 Å². The normalized spacial score (nSPS) is 20.7. The molecule has 0 heterocycles. The van der Waals surface area contributed by atoms with Gasteiger partial charge in [-0.25, -0.2) is 0 Å². The highest BCUT2D eigenvalue weighted by Crippen LogP contribution is 2.28. The summed E-state index contributed by atoms with van der Waals surface area (Å²) in [6.07, 6.45) is 4.86. The maximum Gasteiger partial charge on any atom is 0.0855 e. The predicted octanol–water partition coefficient (Wildman–Crippen LogP) is 5.12. The molecule has 0 aliphatic heterocycles. The van der Waals surface area contributed by atoms with E-state index in [9.17, 15) is 0 Å². The molecule has 0 radical (unpaired) electrons. The van der Waals surface area contributed by atoms with Gasteiger partial charge in [-0.1, -0.05) is 60.7 Å². The number of ether oxygens (including phenoxy) is 2. The lowest BCUT2D eigenvalue weighted by atomic mass is 9.90. The van der Waals surface area contributed by atoms with Crippen molar-refractivity contribution in [1.29, 1.82) is 0 Å². The van der Waals surface area contributed by atoms with E-state index in [2.05, 4.69) is 79.8 Å². The highest BCUT2D eigenvalue weighted by atomic mass is 16.5. The molecule has 1 fully saturated rings. The summed E-state index contributed by atoms with van der Waals surface area (Å²) in [6, 6.07) is 22.3. The Morgan fingerprint density at radius 2 is 1.41 bits per heavy atom. The first kappa shape index (κ1) is 20.1. The number of nitrogens with one attached hydrogen (secondary N) is 1. The second-order valence-corrected chi connectivity index (χ2v) is 8.17. The quantitative estimate of drug-likeness (QED) is 0.702. The van der Waals surface area contributed by atoms with E-state index in [-0.39, 0.29) is 11.6 Å². The lowest BCUT2D eigenvalue weighted by Crippen LogP contribution is -2.39. The predicted molar refractivity (Wildman–Crippen MR) is 111 cm³/mol. The molecular weight excluding hydrogens is 334 g/mol. The molecule has 0 amide bonds. The summed E-state index contributed by atoms with van der Waals surface area (Å²) in [6.45, 7) is 4.80. The van der Waals surface area contributed by atoms with Crippen LogP contribution < -0.4 is 5.32 Å². The van der Waals surface area contributed by atoms with Gasteiger partial charge in [-0.15, -0.1) is 0 Å². The zero-order chi connectivity index (χ0) is 19.1. The van der Waals surface area contributed by atoms with Crippen LogP contribution >= 0.6 is 0 Å². The lowest BCUT2D eigenvalue weighted by molar-refractivity contribution is -0.0836. The number of rotatable bonds is 8. The van der Waals surface area contributed by atoms with Crippen molar-refractivity contribution in [3.05, 3.63) is 71.8 Å². The van der Waals surface area contributed by atoms with E-state index in [0.29, 0.717) is 18.8 Å². The summed E-state index contributed by atoms with van der Waals surface area (Å²) in [5.74, 6) is 0. The molecule has 0 atom stereocenters. The van der Waals surface area contributed by atoms with E-state index < -0.39 is 0 Å². The molecule has 1 N–H and O–H groups in total. The van der Waals surface area contributed by atoms with E-state index >= 15 is 0 Å². The molecule has 2 aromatic carbocycles. The topological polar surface area (TPSA) is 30.5 Å². The minimum atomic E-state index is -0.208. The van der Waals surface area contributed by atoms with E-state index in [0.717, 1.165) is 25.7 Å². The Bertz CT molecular complexity index is 624. The fourth-order valence-corrected chi connectivity index (χ4v) is 3.69. The molecule has 0 spiro atoms. The van der Waals surface area contributed by atoms with Gasteiger partial charge >= 0.3 is 0 Å². The Morgan fingerprint density at radius 3 is 1.89 bits per heavy atom. The summed E-state index contributed by atoms with van der Waals surface area (Å²) < 4.78 is 11.6. The molecule has 1 aliphatic rings. The Kier molecular flexibility index (Phi) is 7.06. The average molecular weight is 368 g/mol. The van der Waals surface area contributed by atoms with Crippen LogP contribution in [0.4, 0.5) is 0 Å². The SMILES string of the molecule is COC(C)(C)COC1CCC(NC(c2ccccc2)c2ccccc2)CC1. The van der Waals surface area contributed by atoms with E-state index in [1.165, 1.54) is 11.1 Å². The molecule has 146 valence electrons. The van der Waals surface area contributed by atoms with Gasteiger partial charge in [0.1, 0.15) is 0 Å². The summed E-state index contributed by atoms with van der Waals surface area (Å²) in [4.78, 5) is 0. The number of hydrogen-bond donors (Lipinski definition) is 1. The van der Waals surface area contributed by atoms with Crippen molar-refractivity contribution in [1.82, 2.24) is 5.32 Å². The third kappa shape index (κ3) is 5.90. The van der Waals surface area contributed by atoms with Crippen LogP contribution in [0.5, 0.6) is 0 Å². The maximum atomic E-state index is 6.11. The Hall–Kier alpha value is -1.68. The molecule has 1 saturated carbocycles. The van der Waals surface area contributed by atoms with E-state index in [1.54, 1.807) is 7.11 Å². The number of methoxy groups -OCH3 is 1. The van der Waals surface area contributed by atoms with Crippen LogP contribution in [0.1, 0.15) is 56.7 Å². The van der Waals surface area contributed by atoms with Gasteiger partial charge in [0.05, 0.1) is 24.4 Å². The Labute approximate surface area is 164 Å². The molecule has 0 aromatic heterocycles. The maximum absolute atomic E-state index is 6.11. The smallest absolute Gasteiger partial charge is 0.0855 e.